The van der Waals surface area contributed by atoms with Gasteiger partial charge in [-0.1, -0.05) is 32.6 Å². The summed E-state index contributed by atoms with van der Waals surface area (Å²) in [7, 11) is 0. The number of hydrogen-bond donors (Lipinski definition) is 1. The van der Waals surface area contributed by atoms with Crippen LogP contribution < -0.4 is 4.74 Å². The van der Waals surface area contributed by atoms with Crippen molar-refractivity contribution in [3.05, 3.63) is 23.8 Å². The quantitative estimate of drug-likeness (QED) is 0.452. The van der Waals surface area contributed by atoms with Crippen molar-refractivity contribution in [1.29, 1.82) is 0 Å². The Hall–Kier alpha value is -1.51. The summed E-state index contributed by atoms with van der Waals surface area (Å²) in [6.45, 7) is 3.98. The molecule has 0 spiro atoms. The Bertz CT molecular complexity index is 385. The van der Waals surface area contributed by atoms with Crippen LogP contribution in [0.1, 0.15) is 51.0 Å². The third kappa shape index (κ3) is 5.21. The van der Waals surface area contributed by atoms with E-state index in [1.165, 1.54) is 25.3 Å². The van der Waals surface area contributed by atoms with Gasteiger partial charge >= 0.3 is 5.97 Å². The summed E-state index contributed by atoms with van der Waals surface area (Å²) < 4.78 is 5.26. The van der Waals surface area contributed by atoms with Crippen LogP contribution in [0.4, 0.5) is 0 Å². The summed E-state index contributed by atoms with van der Waals surface area (Å²) >= 11 is 0. The van der Waals surface area contributed by atoms with Gasteiger partial charge in [0.2, 0.25) is 0 Å². The van der Waals surface area contributed by atoms with Crippen LogP contribution in [-0.4, -0.2) is 11.1 Å². The van der Waals surface area contributed by atoms with E-state index in [1.54, 1.807) is 12.1 Å². The second-order valence-electron chi connectivity index (χ2n) is 4.59. The molecule has 0 atom stereocenters. The van der Waals surface area contributed by atoms with E-state index < -0.39 is 0 Å². The number of ether oxygens (including phenoxy) is 1. The second-order valence-corrected chi connectivity index (χ2v) is 4.59. The lowest BCUT2D eigenvalue weighted by atomic mass is 10.1. The van der Waals surface area contributed by atoms with Gasteiger partial charge in [0.15, 0.2) is 0 Å². The molecule has 100 valence electrons. The molecule has 1 aromatic carbocycles. The number of aromatic hydroxyl groups is 1. The molecule has 1 aromatic rings. The molecule has 0 unspecified atom stereocenters. The third-order valence-electron chi connectivity index (χ3n) is 2.87. The summed E-state index contributed by atoms with van der Waals surface area (Å²) in [4.78, 5) is 11.6. The van der Waals surface area contributed by atoms with E-state index in [2.05, 4.69) is 6.92 Å². The molecule has 0 amide bonds. The zero-order valence-corrected chi connectivity index (χ0v) is 11.2. The molecule has 3 nitrogen and oxygen atoms in total. The van der Waals surface area contributed by atoms with E-state index in [0.717, 1.165) is 18.4 Å². The summed E-state index contributed by atoms with van der Waals surface area (Å²) in [5.41, 5.74) is 0.773. The van der Waals surface area contributed by atoms with Crippen LogP contribution in [0.3, 0.4) is 0 Å². The van der Waals surface area contributed by atoms with Gasteiger partial charge in [-0.2, -0.15) is 0 Å². The Morgan fingerprint density at radius 3 is 2.61 bits per heavy atom. The second kappa shape index (κ2) is 7.75. The maximum Gasteiger partial charge on any atom is 0.311 e. The Labute approximate surface area is 109 Å². The molecule has 0 saturated heterocycles. The van der Waals surface area contributed by atoms with Gasteiger partial charge in [0.25, 0.3) is 0 Å². The number of rotatable bonds is 7. The Morgan fingerprint density at radius 1 is 1.22 bits per heavy atom. The van der Waals surface area contributed by atoms with E-state index in [0.29, 0.717) is 12.2 Å². The van der Waals surface area contributed by atoms with Crippen molar-refractivity contribution in [1.82, 2.24) is 0 Å². The first kappa shape index (κ1) is 14.6. The molecule has 1 rings (SSSR count). The van der Waals surface area contributed by atoms with Crippen molar-refractivity contribution in [3.8, 4) is 11.5 Å². The SMILES string of the molecule is CCCCCCCC(=O)Oc1ccc(O)cc1C. The fourth-order valence-corrected chi connectivity index (χ4v) is 1.79. The van der Waals surface area contributed by atoms with Gasteiger partial charge in [-0.15, -0.1) is 0 Å². The Morgan fingerprint density at radius 2 is 1.94 bits per heavy atom. The summed E-state index contributed by atoms with van der Waals surface area (Å²) in [5.74, 6) is 0.526. The van der Waals surface area contributed by atoms with Gasteiger partial charge in [-0.3, -0.25) is 4.79 Å². The monoisotopic (exact) mass is 250 g/mol. The average Bonchev–Trinajstić information content (AvgIpc) is 2.32. The predicted molar refractivity (Wildman–Crippen MR) is 71.9 cm³/mol. The fourth-order valence-electron chi connectivity index (χ4n) is 1.79. The van der Waals surface area contributed by atoms with Crippen LogP contribution in [0.2, 0.25) is 0 Å². The van der Waals surface area contributed by atoms with Gasteiger partial charge in [-0.05, 0) is 37.1 Å². The van der Waals surface area contributed by atoms with E-state index in [-0.39, 0.29) is 11.7 Å². The number of hydrogen-bond acceptors (Lipinski definition) is 3. The van der Waals surface area contributed by atoms with Crippen LogP contribution >= 0.6 is 0 Å². The summed E-state index contributed by atoms with van der Waals surface area (Å²) in [6.07, 6.45) is 6.04. The van der Waals surface area contributed by atoms with Gasteiger partial charge in [0, 0.05) is 6.42 Å². The van der Waals surface area contributed by atoms with Gasteiger partial charge in [0.05, 0.1) is 0 Å². The highest BCUT2D eigenvalue weighted by molar-refractivity contribution is 5.72. The molecule has 18 heavy (non-hydrogen) atoms. The van der Waals surface area contributed by atoms with Crippen molar-refractivity contribution in [3.63, 3.8) is 0 Å². The van der Waals surface area contributed by atoms with Crippen molar-refractivity contribution in [2.24, 2.45) is 0 Å². The van der Waals surface area contributed by atoms with Crippen LogP contribution in [0, 0.1) is 6.92 Å². The Balaban J connectivity index is 2.31. The molecule has 0 radical (unpaired) electrons. The van der Waals surface area contributed by atoms with Crippen molar-refractivity contribution < 1.29 is 14.6 Å². The maximum atomic E-state index is 11.6. The topological polar surface area (TPSA) is 46.5 Å². The van der Waals surface area contributed by atoms with Crippen molar-refractivity contribution in [2.45, 2.75) is 52.4 Å². The highest BCUT2D eigenvalue weighted by Crippen LogP contribution is 2.22. The minimum atomic E-state index is -0.194. The number of phenols is 1. The minimum absolute atomic E-state index is 0.187. The fraction of sp³-hybridized carbons (Fsp3) is 0.533. The molecule has 0 aliphatic heterocycles. The van der Waals surface area contributed by atoms with Crippen molar-refractivity contribution in [2.75, 3.05) is 0 Å². The molecule has 3 heteroatoms. The lowest BCUT2D eigenvalue weighted by Gasteiger charge is -2.07. The first-order valence-corrected chi connectivity index (χ1v) is 6.63. The summed E-state index contributed by atoms with van der Waals surface area (Å²) in [5, 5.41) is 9.25. The first-order chi connectivity index (χ1) is 8.63. The van der Waals surface area contributed by atoms with E-state index >= 15 is 0 Å². The predicted octanol–water partition coefficient (Wildman–Crippen LogP) is 3.97. The number of phenolic OH excluding ortho intramolecular Hbond substituents is 1. The number of benzene rings is 1. The molecule has 0 heterocycles. The van der Waals surface area contributed by atoms with E-state index in [1.807, 2.05) is 6.92 Å². The lowest BCUT2D eigenvalue weighted by Crippen LogP contribution is -2.08. The molecule has 0 saturated carbocycles. The van der Waals surface area contributed by atoms with Crippen LogP contribution in [0.15, 0.2) is 18.2 Å². The zero-order chi connectivity index (χ0) is 13.4. The Kier molecular flexibility index (Phi) is 6.26. The largest absolute Gasteiger partial charge is 0.508 e. The number of aryl methyl sites for hydroxylation is 1. The summed E-state index contributed by atoms with van der Waals surface area (Å²) in [6, 6.07) is 4.74. The first-order valence-electron chi connectivity index (χ1n) is 6.63. The number of esters is 1. The molecule has 0 fully saturated rings. The normalized spacial score (nSPS) is 10.3. The highest BCUT2D eigenvalue weighted by Gasteiger charge is 2.07. The molecule has 0 aromatic heterocycles. The maximum absolute atomic E-state index is 11.6. The molecule has 0 bridgehead atoms. The van der Waals surface area contributed by atoms with E-state index in [4.69, 9.17) is 4.74 Å². The van der Waals surface area contributed by atoms with Crippen LogP contribution in [0.5, 0.6) is 11.5 Å². The van der Waals surface area contributed by atoms with Crippen molar-refractivity contribution >= 4 is 5.97 Å². The zero-order valence-electron chi connectivity index (χ0n) is 11.2. The highest BCUT2D eigenvalue weighted by atomic mass is 16.5. The van der Waals surface area contributed by atoms with Gasteiger partial charge < -0.3 is 9.84 Å². The minimum Gasteiger partial charge on any atom is -0.508 e. The number of carbonyl (C=O) groups excluding carboxylic acids is 1. The number of unbranched alkanes of at least 4 members (excludes halogenated alkanes) is 4. The standard InChI is InChI=1S/C15H22O3/c1-3-4-5-6-7-8-15(17)18-14-10-9-13(16)11-12(14)2/h9-11,16H,3-8H2,1-2H3. The number of carbonyl (C=O) groups is 1. The molecular formula is C15H22O3. The van der Waals surface area contributed by atoms with Crippen LogP contribution in [-0.2, 0) is 4.79 Å². The van der Waals surface area contributed by atoms with E-state index in [9.17, 15) is 9.90 Å². The third-order valence-corrected chi connectivity index (χ3v) is 2.87. The smallest absolute Gasteiger partial charge is 0.311 e. The molecular weight excluding hydrogens is 228 g/mol. The van der Waals surface area contributed by atoms with Gasteiger partial charge in [-0.25, -0.2) is 0 Å². The molecule has 0 aliphatic carbocycles. The lowest BCUT2D eigenvalue weighted by molar-refractivity contribution is -0.134. The van der Waals surface area contributed by atoms with Gasteiger partial charge in [0.1, 0.15) is 11.5 Å². The average molecular weight is 250 g/mol. The molecule has 0 aliphatic rings. The van der Waals surface area contributed by atoms with Crippen LogP contribution in [0.25, 0.3) is 0 Å². The molecule has 1 N–H and O–H groups in total.